The van der Waals surface area contributed by atoms with Crippen molar-refractivity contribution in [3.63, 3.8) is 0 Å². The summed E-state index contributed by atoms with van der Waals surface area (Å²) in [4.78, 5) is 31.2. The number of hydrogen-bond acceptors (Lipinski definition) is 7. The fraction of sp³-hybridized carbons (Fsp3) is 0.281. The van der Waals surface area contributed by atoms with Crippen LogP contribution in [0.1, 0.15) is 31.3 Å². The maximum Gasteiger partial charge on any atom is 0.328 e. The molecule has 0 aliphatic carbocycles. The van der Waals surface area contributed by atoms with Crippen molar-refractivity contribution in [1.82, 2.24) is 5.32 Å². The molecule has 11 heteroatoms. The van der Waals surface area contributed by atoms with E-state index in [1.54, 1.807) is 41.8 Å². The number of rotatable bonds is 10. The standard InChI is InChI=1S/C32H32Cl2N4O3S2/c1-5-36-25-15-22(33)9-13-27(25)42-30(36)17-31-38(26-16-23(34)10-14-28(26)43-31)19-35-29(39)18-37(21(4)32(40)41-6-2)24-11-7-20(3)8-12-24/h7-17,21H,5-6,18-19H2,1-4H3/p+1. The number of fused-ring (bicyclic) bond motifs is 2. The molecular formula is C32H33Cl2N4O3S2+. The molecule has 0 radical (unpaired) electrons. The van der Waals surface area contributed by atoms with Gasteiger partial charge in [-0.1, -0.05) is 64.0 Å². The summed E-state index contributed by atoms with van der Waals surface area (Å²) >= 11 is 16.0. The summed E-state index contributed by atoms with van der Waals surface area (Å²) < 4.78 is 8.38. The van der Waals surface area contributed by atoms with Crippen LogP contribution >= 0.6 is 46.3 Å². The molecule has 1 aromatic heterocycles. The van der Waals surface area contributed by atoms with E-state index in [0.717, 1.165) is 48.6 Å². The van der Waals surface area contributed by atoms with Crippen molar-refractivity contribution >= 4 is 85.8 Å². The van der Waals surface area contributed by atoms with Crippen molar-refractivity contribution in [3.8, 4) is 0 Å². The second kappa shape index (κ2) is 13.6. The predicted molar refractivity (Wildman–Crippen MR) is 178 cm³/mol. The summed E-state index contributed by atoms with van der Waals surface area (Å²) in [6.07, 6.45) is 2.15. The van der Waals surface area contributed by atoms with Crippen LogP contribution in [0.2, 0.25) is 10.0 Å². The fourth-order valence-corrected chi connectivity index (χ4v) is 7.54. The van der Waals surface area contributed by atoms with Gasteiger partial charge in [-0.05, 0) is 70.2 Å². The summed E-state index contributed by atoms with van der Waals surface area (Å²) in [7, 11) is 0. The summed E-state index contributed by atoms with van der Waals surface area (Å²) in [5.41, 5.74) is 3.87. The van der Waals surface area contributed by atoms with Gasteiger partial charge in [0.1, 0.15) is 10.7 Å². The molecule has 1 atom stereocenters. The summed E-state index contributed by atoms with van der Waals surface area (Å²) in [5, 5.41) is 6.43. The van der Waals surface area contributed by atoms with Gasteiger partial charge in [-0.15, -0.1) is 0 Å². The lowest BCUT2D eigenvalue weighted by molar-refractivity contribution is -0.672. The second-order valence-electron chi connectivity index (χ2n) is 10.1. The average molecular weight is 657 g/mol. The molecule has 2 heterocycles. The van der Waals surface area contributed by atoms with Crippen LogP contribution in [0, 0.1) is 6.92 Å². The lowest BCUT2D eigenvalue weighted by atomic mass is 10.1. The molecule has 0 saturated heterocycles. The number of thioether (sulfide) groups is 1. The first kappa shape index (κ1) is 31.2. The monoisotopic (exact) mass is 655 g/mol. The molecule has 1 aliphatic heterocycles. The van der Waals surface area contributed by atoms with Crippen molar-refractivity contribution in [2.24, 2.45) is 0 Å². The van der Waals surface area contributed by atoms with E-state index in [0.29, 0.717) is 10.0 Å². The summed E-state index contributed by atoms with van der Waals surface area (Å²) in [5.74, 6) is -0.605. The fourth-order valence-electron chi connectivity index (χ4n) is 4.91. The summed E-state index contributed by atoms with van der Waals surface area (Å²) in [6, 6.07) is 18.8. The number of ether oxygens (including phenoxy) is 1. The Morgan fingerprint density at radius 3 is 2.51 bits per heavy atom. The molecular weight excluding hydrogens is 623 g/mol. The van der Waals surface area contributed by atoms with Crippen molar-refractivity contribution in [3.05, 3.63) is 86.3 Å². The first-order chi connectivity index (χ1) is 20.7. The Kier molecular flexibility index (Phi) is 9.86. The number of aryl methyl sites for hydroxylation is 1. The number of nitrogens with zero attached hydrogens (tertiary/aromatic N) is 3. The van der Waals surface area contributed by atoms with Crippen LogP contribution in [0.25, 0.3) is 16.3 Å². The highest BCUT2D eigenvalue weighted by molar-refractivity contribution is 8.03. The van der Waals surface area contributed by atoms with Gasteiger partial charge in [0.2, 0.25) is 18.1 Å². The lowest BCUT2D eigenvalue weighted by Crippen LogP contribution is -2.50. The number of aromatic nitrogens is 1. The molecule has 0 fully saturated rings. The largest absolute Gasteiger partial charge is 0.464 e. The van der Waals surface area contributed by atoms with E-state index in [9.17, 15) is 9.59 Å². The number of carbonyl (C=O) groups excluding carboxylic acids is 2. The number of esters is 1. The minimum absolute atomic E-state index is 0.0155. The zero-order chi connectivity index (χ0) is 30.7. The van der Waals surface area contributed by atoms with Crippen LogP contribution in [-0.2, 0) is 21.0 Å². The van der Waals surface area contributed by atoms with Crippen molar-refractivity contribution in [1.29, 1.82) is 0 Å². The van der Waals surface area contributed by atoms with E-state index in [2.05, 4.69) is 27.8 Å². The van der Waals surface area contributed by atoms with Gasteiger partial charge >= 0.3 is 5.97 Å². The van der Waals surface area contributed by atoms with Crippen LogP contribution in [0.15, 0.2) is 70.6 Å². The predicted octanol–water partition coefficient (Wildman–Crippen LogP) is 7.27. The molecule has 3 aromatic carbocycles. The third kappa shape index (κ3) is 6.96. The number of carbonyl (C=O) groups is 2. The molecule has 0 spiro atoms. The molecule has 5 rings (SSSR count). The first-order valence-corrected chi connectivity index (χ1v) is 16.4. The maximum atomic E-state index is 13.4. The topological polar surface area (TPSA) is 65.8 Å². The van der Waals surface area contributed by atoms with E-state index < -0.39 is 6.04 Å². The van der Waals surface area contributed by atoms with Gasteiger partial charge in [-0.3, -0.25) is 10.1 Å². The van der Waals surface area contributed by atoms with Gasteiger partial charge in [-0.2, -0.15) is 4.57 Å². The Morgan fingerprint density at radius 1 is 1.07 bits per heavy atom. The van der Waals surface area contributed by atoms with Crippen LogP contribution < -0.4 is 19.7 Å². The number of amides is 1. The van der Waals surface area contributed by atoms with Crippen LogP contribution in [0.4, 0.5) is 11.4 Å². The molecule has 7 nitrogen and oxygen atoms in total. The highest BCUT2D eigenvalue weighted by Gasteiger charge is 2.29. The smallest absolute Gasteiger partial charge is 0.328 e. The van der Waals surface area contributed by atoms with Gasteiger partial charge in [0.25, 0.3) is 5.01 Å². The molecule has 43 heavy (non-hydrogen) atoms. The minimum Gasteiger partial charge on any atom is -0.464 e. The number of nitrogens with one attached hydrogen (secondary N) is 1. The van der Waals surface area contributed by atoms with E-state index in [1.807, 2.05) is 67.6 Å². The van der Waals surface area contributed by atoms with E-state index in [-0.39, 0.29) is 31.7 Å². The molecule has 1 aliphatic rings. The Bertz CT molecular complexity index is 1690. The van der Waals surface area contributed by atoms with Crippen molar-refractivity contribution in [2.75, 3.05) is 29.5 Å². The van der Waals surface area contributed by atoms with Crippen LogP contribution in [0.3, 0.4) is 0 Å². The highest BCUT2D eigenvalue weighted by Crippen LogP contribution is 2.47. The SMILES string of the molecule is CCOC(=O)C(C)N(CC(=O)NC[n+]1c(/C=C2\Sc3ccc(Cl)cc3N2CC)sc2ccc(Cl)cc21)c1ccc(C)cc1. The number of hydrogen-bond donors (Lipinski definition) is 1. The van der Waals surface area contributed by atoms with E-state index in [4.69, 9.17) is 27.9 Å². The molecule has 1 N–H and O–H groups in total. The number of thiazole rings is 1. The normalized spacial score (nSPS) is 14.2. The number of halogens is 2. The zero-order valence-corrected chi connectivity index (χ0v) is 27.5. The molecule has 1 unspecified atom stereocenters. The molecule has 4 aromatic rings. The molecule has 224 valence electrons. The Balaban J connectivity index is 1.42. The van der Waals surface area contributed by atoms with Crippen molar-refractivity contribution < 1.29 is 18.9 Å². The lowest BCUT2D eigenvalue weighted by Gasteiger charge is -2.29. The summed E-state index contributed by atoms with van der Waals surface area (Å²) in [6.45, 7) is 8.89. The quantitative estimate of drug-likeness (QED) is 0.143. The molecule has 0 saturated carbocycles. The maximum absolute atomic E-state index is 13.4. The van der Waals surface area contributed by atoms with E-state index in [1.165, 1.54) is 0 Å². The number of benzene rings is 3. The first-order valence-electron chi connectivity index (χ1n) is 14.0. The Labute approximate surface area is 270 Å². The average Bonchev–Trinajstić information content (AvgIpc) is 3.50. The Morgan fingerprint density at radius 2 is 1.79 bits per heavy atom. The van der Waals surface area contributed by atoms with Gasteiger partial charge in [0.05, 0.1) is 29.9 Å². The zero-order valence-electron chi connectivity index (χ0n) is 24.4. The third-order valence-corrected chi connectivity index (χ3v) is 9.85. The van der Waals surface area contributed by atoms with Crippen LogP contribution in [0.5, 0.6) is 0 Å². The third-order valence-electron chi connectivity index (χ3n) is 7.16. The van der Waals surface area contributed by atoms with Crippen molar-refractivity contribution in [2.45, 2.75) is 45.3 Å². The van der Waals surface area contributed by atoms with Gasteiger partial charge in [0.15, 0.2) is 0 Å². The Hall–Kier alpha value is -3.24. The second-order valence-corrected chi connectivity index (χ2v) is 13.1. The molecule has 0 bridgehead atoms. The van der Waals surface area contributed by atoms with Crippen LogP contribution in [-0.4, -0.2) is 37.6 Å². The number of anilines is 2. The molecule has 1 amide bonds. The van der Waals surface area contributed by atoms with Gasteiger partial charge < -0.3 is 14.5 Å². The van der Waals surface area contributed by atoms with E-state index >= 15 is 0 Å². The minimum atomic E-state index is -0.642. The van der Waals surface area contributed by atoms with Gasteiger partial charge in [0, 0.05) is 33.2 Å². The van der Waals surface area contributed by atoms with Gasteiger partial charge in [-0.25, -0.2) is 4.79 Å². The highest BCUT2D eigenvalue weighted by atomic mass is 35.5.